The van der Waals surface area contributed by atoms with Crippen LogP contribution in [0.15, 0.2) is 23.8 Å². The summed E-state index contributed by atoms with van der Waals surface area (Å²) in [4.78, 5) is 0. The molecule has 0 bridgehead atoms. The first-order valence-electron chi connectivity index (χ1n) is 5.21. The van der Waals surface area contributed by atoms with Gasteiger partial charge in [0.15, 0.2) is 0 Å². The number of aliphatic hydroxyl groups excluding tert-OH is 1. The van der Waals surface area contributed by atoms with Crippen molar-refractivity contribution in [3.8, 4) is 0 Å². The Morgan fingerprint density at radius 2 is 2.31 bits per heavy atom. The van der Waals surface area contributed by atoms with E-state index in [1.807, 2.05) is 0 Å². The lowest BCUT2D eigenvalue weighted by Gasteiger charge is -2.45. The van der Waals surface area contributed by atoms with Crippen molar-refractivity contribution in [1.82, 2.24) is 0 Å². The van der Waals surface area contributed by atoms with Gasteiger partial charge in [-0.05, 0) is 25.2 Å². The summed E-state index contributed by atoms with van der Waals surface area (Å²) in [6.45, 7) is 4.41. The zero-order valence-electron chi connectivity index (χ0n) is 8.46. The van der Waals surface area contributed by atoms with Crippen LogP contribution in [0.3, 0.4) is 0 Å². The van der Waals surface area contributed by atoms with Gasteiger partial charge in [-0.3, -0.25) is 0 Å². The molecule has 0 saturated heterocycles. The molecule has 0 spiro atoms. The maximum atomic E-state index is 10.1. The summed E-state index contributed by atoms with van der Waals surface area (Å²) < 4.78 is 0. The molecule has 0 aromatic carbocycles. The Morgan fingerprint density at radius 3 is 3.00 bits per heavy atom. The van der Waals surface area contributed by atoms with Gasteiger partial charge in [-0.15, -0.1) is 0 Å². The van der Waals surface area contributed by atoms with Crippen LogP contribution in [-0.4, -0.2) is 11.2 Å². The summed E-state index contributed by atoms with van der Waals surface area (Å²) in [5, 5.41) is 10.1. The number of aliphatic hydroxyl groups is 1. The number of hydrogen-bond acceptors (Lipinski definition) is 1. The van der Waals surface area contributed by atoms with Crippen LogP contribution in [0.1, 0.15) is 33.1 Å². The zero-order valence-corrected chi connectivity index (χ0v) is 8.46. The molecule has 3 atom stereocenters. The summed E-state index contributed by atoms with van der Waals surface area (Å²) >= 11 is 0. The fourth-order valence-electron chi connectivity index (χ4n) is 2.67. The monoisotopic (exact) mass is 178 g/mol. The first-order chi connectivity index (χ1) is 6.15. The fourth-order valence-corrected chi connectivity index (χ4v) is 2.67. The van der Waals surface area contributed by atoms with Gasteiger partial charge < -0.3 is 5.11 Å². The quantitative estimate of drug-likeness (QED) is 0.604. The van der Waals surface area contributed by atoms with Gasteiger partial charge in [-0.25, -0.2) is 0 Å². The molecule has 0 aromatic rings. The standard InChI is InChI=1S/C12H18O/c1-9-5-3-6-10-7-4-8-11(13)12(9,10)2/h3,5-6,9,11,13H,4,7-8H2,1-2H3. The van der Waals surface area contributed by atoms with E-state index in [1.165, 1.54) is 12.0 Å². The van der Waals surface area contributed by atoms with Crippen molar-refractivity contribution >= 4 is 0 Å². The number of allylic oxidation sites excluding steroid dienone is 3. The Labute approximate surface area is 80.2 Å². The molecule has 1 nitrogen and oxygen atoms in total. The Kier molecular flexibility index (Phi) is 2.07. The molecular formula is C12H18O. The summed E-state index contributed by atoms with van der Waals surface area (Å²) in [7, 11) is 0. The van der Waals surface area contributed by atoms with E-state index in [4.69, 9.17) is 0 Å². The molecule has 2 aliphatic carbocycles. The molecule has 2 rings (SSSR count). The Hall–Kier alpha value is -0.560. The molecular weight excluding hydrogens is 160 g/mol. The minimum atomic E-state index is -0.146. The highest BCUT2D eigenvalue weighted by Crippen LogP contribution is 2.48. The van der Waals surface area contributed by atoms with Crippen LogP contribution in [0.4, 0.5) is 0 Å². The lowest BCUT2D eigenvalue weighted by Crippen LogP contribution is -2.42. The predicted octanol–water partition coefficient (Wildman–Crippen LogP) is 2.67. The molecule has 0 aromatic heterocycles. The van der Waals surface area contributed by atoms with Crippen LogP contribution in [-0.2, 0) is 0 Å². The van der Waals surface area contributed by atoms with Crippen LogP contribution in [0.2, 0.25) is 0 Å². The average molecular weight is 178 g/mol. The lowest BCUT2D eigenvalue weighted by atomic mass is 9.61. The summed E-state index contributed by atoms with van der Waals surface area (Å²) in [5.74, 6) is 0.475. The van der Waals surface area contributed by atoms with Crippen LogP contribution < -0.4 is 0 Å². The minimum Gasteiger partial charge on any atom is -0.392 e. The van der Waals surface area contributed by atoms with Crippen LogP contribution in [0.5, 0.6) is 0 Å². The van der Waals surface area contributed by atoms with E-state index in [9.17, 15) is 5.11 Å². The van der Waals surface area contributed by atoms with Gasteiger partial charge >= 0.3 is 0 Å². The first kappa shape index (κ1) is 9.01. The van der Waals surface area contributed by atoms with Gasteiger partial charge in [-0.2, -0.15) is 0 Å². The van der Waals surface area contributed by atoms with E-state index in [0.29, 0.717) is 5.92 Å². The van der Waals surface area contributed by atoms with Crippen molar-refractivity contribution in [2.75, 3.05) is 0 Å². The molecule has 13 heavy (non-hydrogen) atoms. The van der Waals surface area contributed by atoms with Crippen molar-refractivity contribution in [3.05, 3.63) is 23.8 Å². The van der Waals surface area contributed by atoms with Crippen molar-refractivity contribution in [1.29, 1.82) is 0 Å². The highest BCUT2D eigenvalue weighted by Gasteiger charge is 2.43. The molecule has 0 radical (unpaired) electrons. The summed E-state index contributed by atoms with van der Waals surface area (Å²) in [6.07, 6.45) is 9.67. The van der Waals surface area contributed by atoms with Gasteiger partial charge in [0.05, 0.1) is 6.10 Å². The van der Waals surface area contributed by atoms with Crippen molar-refractivity contribution in [3.63, 3.8) is 0 Å². The smallest absolute Gasteiger partial charge is 0.0636 e. The molecule has 2 aliphatic rings. The number of hydrogen-bond donors (Lipinski definition) is 1. The lowest BCUT2D eigenvalue weighted by molar-refractivity contribution is 0.0130. The largest absolute Gasteiger partial charge is 0.392 e. The second-order valence-electron chi connectivity index (χ2n) is 4.56. The van der Waals surface area contributed by atoms with E-state index in [2.05, 4.69) is 32.1 Å². The van der Waals surface area contributed by atoms with Gasteiger partial charge in [0.2, 0.25) is 0 Å². The maximum Gasteiger partial charge on any atom is 0.0636 e. The summed E-state index contributed by atoms with van der Waals surface area (Å²) in [5.41, 5.74) is 1.47. The topological polar surface area (TPSA) is 20.2 Å². The maximum absolute atomic E-state index is 10.1. The molecule has 0 amide bonds. The molecule has 0 heterocycles. The number of rotatable bonds is 0. The van der Waals surface area contributed by atoms with E-state index in [1.54, 1.807) is 0 Å². The Morgan fingerprint density at radius 1 is 1.54 bits per heavy atom. The molecule has 3 unspecified atom stereocenters. The van der Waals surface area contributed by atoms with E-state index < -0.39 is 0 Å². The molecule has 1 N–H and O–H groups in total. The fraction of sp³-hybridized carbons (Fsp3) is 0.667. The van der Waals surface area contributed by atoms with E-state index in [0.717, 1.165) is 12.8 Å². The Bertz CT molecular complexity index is 264. The van der Waals surface area contributed by atoms with Crippen LogP contribution in [0.25, 0.3) is 0 Å². The van der Waals surface area contributed by atoms with Crippen molar-refractivity contribution in [2.45, 2.75) is 39.2 Å². The van der Waals surface area contributed by atoms with Gasteiger partial charge in [0.1, 0.15) is 0 Å². The highest BCUT2D eigenvalue weighted by molar-refractivity contribution is 5.30. The highest BCUT2D eigenvalue weighted by atomic mass is 16.3. The molecule has 72 valence electrons. The van der Waals surface area contributed by atoms with Crippen LogP contribution >= 0.6 is 0 Å². The molecule has 1 fully saturated rings. The van der Waals surface area contributed by atoms with Gasteiger partial charge in [0.25, 0.3) is 0 Å². The van der Waals surface area contributed by atoms with Crippen molar-refractivity contribution < 1.29 is 5.11 Å². The zero-order chi connectivity index (χ0) is 9.47. The summed E-state index contributed by atoms with van der Waals surface area (Å²) in [6, 6.07) is 0. The number of fused-ring (bicyclic) bond motifs is 1. The molecule has 0 aliphatic heterocycles. The van der Waals surface area contributed by atoms with E-state index >= 15 is 0 Å². The van der Waals surface area contributed by atoms with Crippen molar-refractivity contribution in [2.24, 2.45) is 11.3 Å². The predicted molar refractivity (Wildman–Crippen MR) is 54.4 cm³/mol. The third-order valence-electron chi connectivity index (χ3n) is 3.95. The average Bonchev–Trinajstić information content (AvgIpc) is 2.10. The first-order valence-corrected chi connectivity index (χ1v) is 5.21. The molecule has 1 saturated carbocycles. The third kappa shape index (κ3) is 1.18. The van der Waals surface area contributed by atoms with Gasteiger partial charge in [-0.1, -0.05) is 37.6 Å². The van der Waals surface area contributed by atoms with E-state index in [-0.39, 0.29) is 11.5 Å². The SMILES string of the molecule is CC1C=CC=C2CCCC(O)C21C. The third-order valence-corrected chi connectivity index (χ3v) is 3.95. The molecule has 1 heteroatoms. The normalized spacial score (nSPS) is 44.1. The Balaban J connectivity index is 2.38. The second-order valence-corrected chi connectivity index (χ2v) is 4.56. The minimum absolute atomic E-state index is 0.0208. The van der Waals surface area contributed by atoms with Gasteiger partial charge in [0, 0.05) is 5.41 Å². The van der Waals surface area contributed by atoms with Crippen LogP contribution in [0, 0.1) is 11.3 Å². The second kappa shape index (κ2) is 2.98.